The highest BCUT2D eigenvalue weighted by atomic mass is 19.3. The van der Waals surface area contributed by atoms with Crippen LogP contribution in [0.15, 0.2) is 18.3 Å². The van der Waals surface area contributed by atoms with E-state index < -0.39 is 24.5 Å². The van der Waals surface area contributed by atoms with Gasteiger partial charge in [-0.2, -0.15) is 8.78 Å². The minimum atomic E-state index is -2.97. The third-order valence-corrected chi connectivity index (χ3v) is 3.97. The van der Waals surface area contributed by atoms with Crippen molar-refractivity contribution in [1.82, 2.24) is 15.6 Å². The van der Waals surface area contributed by atoms with E-state index in [0.717, 1.165) is 6.92 Å². The number of nitrogens with zero attached hydrogens (tertiary/aromatic N) is 1. The van der Waals surface area contributed by atoms with Gasteiger partial charge >= 0.3 is 12.6 Å². The molecule has 1 saturated carbocycles. The summed E-state index contributed by atoms with van der Waals surface area (Å²) in [5, 5.41) is 5.17. The van der Waals surface area contributed by atoms with Crippen LogP contribution in [0.1, 0.15) is 25.3 Å². The fourth-order valence-corrected chi connectivity index (χ4v) is 2.51. The number of nitrogens with one attached hydrogen (secondary N) is 2. The molecular formula is C15H19F4N3O2. The minimum Gasteiger partial charge on any atom is -0.417 e. The van der Waals surface area contributed by atoms with E-state index in [-0.39, 0.29) is 18.3 Å². The number of carbonyl (C=O) groups excluding carboxylic acids is 1. The molecule has 2 N–H and O–H groups in total. The lowest BCUT2D eigenvalue weighted by Gasteiger charge is -2.38. The monoisotopic (exact) mass is 349 g/mol. The molecule has 1 aliphatic carbocycles. The van der Waals surface area contributed by atoms with Gasteiger partial charge < -0.3 is 15.4 Å². The first kappa shape index (κ1) is 18.3. The Labute approximate surface area is 136 Å². The second-order valence-electron chi connectivity index (χ2n) is 5.94. The number of carbonyl (C=O) groups is 1. The van der Waals surface area contributed by atoms with Crippen molar-refractivity contribution < 1.29 is 27.1 Å². The van der Waals surface area contributed by atoms with Crippen LogP contribution in [-0.4, -0.2) is 30.1 Å². The summed E-state index contributed by atoms with van der Waals surface area (Å²) in [6.07, 6.45) is 2.08. The Bertz CT molecular complexity index is 560. The molecule has 2 amide bonds. The van der Waals surface area contributed by atoms with Crippen LogP contribution in [0.5, 0.6) is 5.88 Å². The van der Waals surface area contributed by atoms with Gasteiger partial charge in [-0.15, -0.1) is 0 Å². The fourth-order valence-electron chi connectivity index (χ4n) is 2.51. The largest absolute Gasteiger partial charge is 0.417 e. The molecule has 0 aromatic carbocycles. The van der Waals surface area contributed by atoms with Crippen molar-refractivity contribution in [2.45, 2.75) is 38.8 Å². The number of halogens is 4. The molecule has 0 spiro atoms. The Kier molecular flexibility index (Phi) is 5.84. The van der Waals surface area contributed by atoms with Crippen LogP contribution >= 0.6 is 0 Å². The summed E-state index contributed by atoms with van der Waals surface area (Å²) in [4.78, 5) is 15.3. The summed E-state index contributed by atoms with van der Waals surface area (Å²) in [5.41, 5.74) is 0.546. The zero-order valence-corrected chi connectivity index (χ0v) is 13.1. The predicted octanol–water partition coefficient (Wildman–Crippen LogP) is 3.16. The van der Waals surface area contributed by atoms with Crippen LogP contribution < -0.4 is 15.4 Å². The van der Waals surface area contributed by atoms with Crippen molar-refractivity contribution in [1.29, 1.82) is 0 Å². The van der Waals surface area contributed by atoms with E-state index >= 15 is 0 Å². The number of urea groups is 1. The summed E-state index contributed by atoms with van der Waals surface area (Å²) < 4.78 is 54.3. The topological polar surface area (TPSA) is 63.2 Å². The molecule has 0 atom stereocenters. The van der Waals surface area contributed by atoms with Gasteiger partial charge in [-0.1, -0.05) is 0 Å². The molecule has 0 saturated heterocycles. The summed E-state index contributed by atoms with van der Waals surface area (Å²) >= 11 is 0. The number of alkyl halides is 4. The highest BCUT2D eigenvalue weighted by molar-refractivity contribution is 5.73. The molecular weight excluding hydrogens is 330 g/mol. The number of hydrogen-bond acceptors (Lipinski definition) is 3. The number of aromatic nitrogens is 1. The van der Waals surface area contributed by atoms with Gasteiger partial charge in [-0.3, -0.25) is 0 Å². The zero-order chi connectivity index (χ0) is 17.7. The van der Waals surface area contributed by atoms with Crippen molar-refractivity contribution in [2.24, 2.45) is 11.8 Å². The molecule has 1 aromatic heterocycles. The Hall–Kier alpha value is -2.06. The van der Waals surface area contributed by atoms with Gasteiger partial charge in [-0.25, -0.2) is 18.6 Å². The SMILES string of the molecule is CC(F)(F)C1CC(CNC(=O)NCc2ccnc(OC(F)F)c2)C1. The van der Waals surface area contributed by atoms with Crippen LogP contribution in [0.2, 0.25) is 0 Å². The quantitative estimate of drug-likeness (QED) is 0.744. The molecule has 24 heavy (non-hydrogen) atoms. The maximum Gasteiger partial charge on any atom is 0.388 e. The number of pyridine rings is 1. The van der Waals surface area contributed by atoms with E-state index in [2.05, 4.69) is 20.4 Å². The molecule has 134 valence electrons. The highest BCUT2D eigenvalue weighted by Crippen LogP contribution is 2.43. The molecule has 2 rings (SSSR count). The Morgan fingerprint density at radius 2 is 2.12 bits per heavy atom. The maximum absolute atomic E-state index is 13.0. The molecule has 0 aliphatic heterocycles. The molecule has 1 heterocycles. The fraction of sp³-hybridized carbons (Fsp3) is 0.600. The third kappa shape index (κ3) is 5.54. The van der Waals surface area contributed by atoms with E-state index in [0.29, 0.717) is 24.9 Å². The normalized spacial score (nSPS) is 20.4. The Morgan fingerprint density at radius 3 is 2.75 bits per heavy atom. The smallest absolute Gasteiger partial charge is 0.388 e. The number of ether oxygens (including phenoxy) is 1. The maximum atomic E-state index is 13.0. The molecule has 0 radical (unpaired) electrons. The lowest BCUT2D eigenvalue weighted by atomic mass is 9.72. The molecule has 0 bridgehead atoms. The second-order valence-corrected chi connectivity index (χ2v) is 5.94. The molecule has 0 unspecified atom stereocenters. The van der Waals surface area contributed by atoms with Crippen molar-refractivity contribution in [3.63, 3.8) is 0 Å². The van der Waals surface area contributed by atoms with Crippen molar-refractivity contribution in [3.05, 3.63) is 23.9 Å². The van der Waals surface area contributed by atoms with Crippen LogP contribution in [0.25, 0.3) is 0 Å². The zero-order valence-electron chi connectivity index (χ0n) is 13.1. The first-order chi connectivity index (χ1) is 11.2. The molecule has 9 heteroatoms. The van der Waals surface area contributed by atoms with E-state index in [1.165, 1.54) is 12.3 Å². The first-order valence-electron chi connectivity index (χ1n) is 7.53. The average Bonchev–Trinajstić information content (AvgIpc) is 2.41. The van der Waals surface area contributed by atoms with Gasteiger partial charge in [0.15, 0.2) is 0 Å². The van der Waals surface area contributed by atoms with Crippen LogP contribution in [-0.2, 0) is 6.54 Å². The second kappa shape index (κ2) is 7.67. The first-order valence-corrected chi connectivity index (χ1v) is 7.53. The minimum absolute atomic E-state index is 0.0542. The van der Waals surface area contributed by atoms with Crippen LogP contribution in [0.3, 0.4) is 0 Å². The van der Waals surface area contributed by atoms with Crippen molar-refractivity contribution in [3.8, 4) is 5.88 Å². The standard InChI is InChI=1S/C15H19F4N3O2/c1-15(18,19)11-4-10(5-11)8-22-14(23)21-7-9-2-3-20-12(6-9)24-13(16)17/h2-3,6,10-11,13H,4-5,7-8H2,1H3,(H2,21,22,23). The van der Waals surface area contributed by atoms with Gasteiger partial charge in [0.2, 0.25) is 11.8 Å². The van der Waals surface area contributed by atoms with Crippen LogP contribution in [0, 0.1) is 11.8 Å². The average molecular weight is 349 g/mol. The summed E-state index contributed by atoms with van der Waals surface area (Å²) in [6.45, 7) is -1.62. The molecule has 1 fully saturated rings. The lowest BCUT2D eigenvalue weighted by Crippen LogP contribution is -2.44. The number of rotatable bonds is 7. The van der Waals surface area contributed by atoms with Crippen molar-refractivity contribution >= 4 is 6.03 Å². The number of hydrogen-bond donors (Lipinski definition) is 2. The Balaban J connectivity index is 1.67. The summed E-state index contributed by atoms with van der Waals surface area (Å²) in [5.74, 6) is -3.46. The van der Waals surface area contributed by atoms with E-state index in [4.69, 9.17) is 0 Å². The van der Waals surface area contributed by atoms with Crippen molar-refractivity contribution in [2.75, 3.05) is 6.54 Å². The molecule has 5 nitrogen and oxygen atoms in total. The summed E-state index contributed by atoms with van der Waals surface area (Å²) in [6, 6.07) is 2.40. The van der Waals surface area contributed by atoms with E-state index in [1.807, 2.05) is 0 Å². The van der Waals surface area contributed by atoms with Gasteiger partial charge in [0.1, 0.15) is 0 Å². The van der Waals surface area contributed by atoms with E-state index in [1.54, 1.807) is 6.07 Å². The third-order valence-electron chi connectivity index (χ3n) is 3.97. The predicted molar refractivity (Wildman–Crippen MR) is 77.9 cm³/mol. The number of amides is 2. The molecule has 1 aliphatic rings. The van der Waals surface area contributed by atoms with Gasteiger partial charge in [0, 0.05) is 31.3 Å². The Morgan fingerprint density at radius 1 is 1.42 bits per heavy atom. The van der Waals surface area contributed by atoms with Gasteiger partial charge in [0.25, 0.3) is 0 Å². The van der Waals surface area contributed by atoms with Gasteiger partial charge in [-0.05, 0) is 37.3 Å². The van der Waals surface area contributed by atoms with Crippen LogP contribution in [0.4, 0.5) is 22.4 Å². The molecule has 1 aromatic rings. The highest BCUT2D eigenvalue weighted by Gasteiger charge is 2.43. The summed E-state index contributed by atoms with van der Waals surface area (Å²) in [7, 11) is 0. The lowest BCUT2D eigenvalue weighted by molar-refractivity contribution is -0.0890. The van der Waals surface area contributed by atoms with Gasteiger partial charge in [0.05, 0.1) is 0 Å². The van der Waals surface area contributed by atoms with E-state index in [9.17, 15) is 22.4 Å².